The van der Waals surface area contributed by atoms with Crippen LogP contribution in [0, 0.1) is 18.2 Å². The van der Waals surface area contributed by atoms with Crippen molar-refractivity contribution >= 4 is 0 Å². The molecule has 1 nitrogen and oxygen atoms in total. The Hall–Kier alpha value is -0.890. The summed E-state index contributed by atoms with van der Waals surface area (Å²) < 4.78 is 13.3. The first kappa shape index (κ1) is 13.5. The summed E-state index contributed by atoms with van der Waals surface area (Å²) in [6.45, 7) is 7.62. The van der Waals surface area contributed by atoms with Gasteiger partial charge in [-0.05, 0) is 61.3 Å². The molecule has 0 saturated heterocycles. The van der Waals surface area contributed by atoms with Gasteiger partial charge in [0, 0.05) is 12.6 Å². The van der Waals surface area contributed by atoms with Crippen molar-refractivity contribution in [1.82, 2.24) is 5.32 Å². The fourth-order valence-electron chi connectivity index (χ4n) is 2.28. The van der Waals surface area contributed by atoms with Crippen LogP contribution in [0.2, 0.25) is 0 Å². The number of benzene rings is 1. The predicted molar refractivity (Wildman–Crippen MR) is 74.3 cm³/mol. The first-order valence-electron chi connectivity index (χ1n) is 7.01. The minimum Gasteiger partial charge on any atom is -0.313 e. The van der Waals surface area contributed by atoms with Crippen molar-refractivity contribution in [3.63, 3.8) is 0 Å². The number of aryl methyl sites for hydroxylation is 1. The van der Waals surface area contributed by atoms with Crippen molar-refractivity contribution in [2.45, 2.75) is 52.5 Å². The molecule has 1 aliphatic carbocycles. The molecule has 0 bridgehead atoms. The minimum absolute atomic E-state index is 0.121. The van der Waals surface area contributed by atoms with Crippen LogP contribution >= 0.6 is 0 Å². The number of halogens is 1. The van der Waals surface area contributed by atoms with Crippen LogP contribution in [0.25, 0.3) is 0 Å². The van der Waals surface area contributed by atoms with E-state index < -0.39 is 0 Å². The molecule has 0 heterocycles. The van der Waals surface area contributed by atoms with Gasteiger partial charge in [0.2, 0.25) is 0 Å². The van der Waals surface area contributed by atoms with Gasteiger partial charge in [0.1, 0.15) is 5.82 Å². The fraction of sp³-hybridized carbons (Fsp3) is 0.625. The average Bonchev–Trinajstić information content (AvgIpc) is 3.15. The van der Waals surface area contributed by atoms with Gasteiger partial charge in [-0.15, -0.1) is 0 Å². The zero-order valence-corrected chi connectivity index (χ0v) is 11.7. The summed E-state index contributed by atoms with van der Waals surface area (Å²) in [5.41, 5.74) is 2.57. The van der Waals surface area contributed by atoms with E-state index in [1.165, 1.54) is 18.4 Å². The quantitative estimate of drug-likeness (QED) is 0.807. The fourth-order valence-corrected chi connectivity index (χ4v) is 2.28. The lowest BCUT2D eigenvalue weighted by Crippen LogP contribution is -2.34. The molecule has 1 fully saturated rings. The van der Waals surface area contributed by atoms with Crippen molar-refractivity contribution in [1.29, 1.82) is 0 Å². The van der Waals surface area contributed by atoms with Crippen molar-refractivity contribution in [3.05, 3.63) is 35.1 Å². The van der Waals surface area contributed by atoms with E-state index in [0.29, 0.717) is 0 Å². The van der Waals surface area contributed by atoms with Crippen LogP contribution in [0.1, 0.15) is 44.2 Å². The largest absolute Gasteiger partial charge is 0.313 e. The van der Waals surface area contributed by atoms with Crippen molar-refractivity contribution in [3.8, 4) is 0 Å². The third-order valence-corrected chi connectivity index (χ3v) is 4.18. The average molecular weight is 249 g/mol. The molecule has 1 aromatic carbocycles. The molecule has 1 unspecified atom stereocenters. The Morgan fingerprint density at radius 3 is 2.72 bits per heavy atom. The van der Waals surface area contributed by atoms with Crippen LogP contribution in [0.4, 0.5) is 4.39 Å². The Kier molecular flexibility index (Phi) is 4.06. The van der Waals surface area contributed by atoms with Gasteiger partial charge in [-0.2, -0.15) is 0 Å². The van der Waals surface area contributed by atoms with Crippen molar-refractivity contribution in [2.24, 2.45) is 5.41 Å². The highest BCUT2D eigenvalue weighted by Gasteiger charge is 2.28. The van der Waals surface area contributed by atoms with E-state index in [4.69, 9.17) is 0 Å². The summed E-state index contributed by atoms with van der Waals surface area (Å²) >= 11 is 0. The Morgan fingerprint density at radius 1 is 1.39 bits per heavy atom. The summed E-state index contributed by atoms with van der Waals surface area (Å²) in [5.74, 6) is -0.121. The molecule has 0 spiro atoms. The van der Waals surface area contributed by atoms with Gasteiger partial charge in [-0.25, -0.2) is 4.39 Å². The van der Waals surface area contributed by atoms with E-state index in [9.17, 15) is 4.39 Å². The molecule has 18 heavy (non-hydrogen) atoms. The molecule has 0 aromatic heterocycles. The van der Waals surface area contributed by atoms with Gasteiger partial charge < -0.3 is 5.32 Å². The van der Waals surface area contributed by atoms with Gasteiger partial charge in [0.25, 0.3) is 0 Å². The molecule has 1 saturated carbocycles. The maximum Gasteiger partial charge on any atom is 0.123 e. The standard InChI is InChI=1S/C16H24FN/c1-4-16(3,11-18-15-7-8-15)10-13-9-14(17)6-5-12(13)2/h5-6,9,15,18H,4,7-8,10-11H2,1-3H3. The molecule has 0 radical (unpaired) electrons. The Bertz CT molecular complexity index is 412. The van der Waals surface area contributed by atoms with Crippen LogP contribution < -0.4 is 5.32 Å². The highest BCUT2D eigenvalue weighted by atomic mass is 19.1. The molecule has 0 amide bonds. The minimum atomic E-state index is -0.121. The monoisotopic (exact) mass is 249 g/mol. The number of nitrogens with one attached hydrogen (secondary N) is 1. The number of hydrogen-bond acceptors (Lipinski definition) is 1. The number of hydrogen-bond donors (Lipinski definition) is 1. The van der Waals surface area contributed by atoms with E-state index in [1.807, 2.05) is 6.07 Å². The smallest absolute Gasteiger partial charge is 0.123 e. The Balaban J connectivity index is 2.04. The molecular formula is C16H24FN. The zero-order chi connectivity index (χ0) is 13.2. The van der Waals surface area contributed by atoms with Gasteiger partial charge in [-0.1, -0.05) is 19.9 Å². The van der Waals surface area contributed by atoms with Gasteiger partial charge >= 0.3 is 0 Å². The topological polar surface area (TPSA) is 12.0 Å². The Morgan fingerprint density at radius 2 is 2.11 bits per heavy atom. The van der Waals surface area contributed by atoms with E-state index in [0.717, 1.165) is 31.0 Å². The lowest BCUT2D eigenvalue weighted by Gasteiger charge is -2.29. The maximum absolute atomic E-state index is 13.3. The maximum atomic E-state index is 13.3. The lowest BCUT2D eigenvalue weighted by molar-refractivity contribution is 0.288. The predicted octanol–water partition coefficient (Wildman–Crippen LogP) is 3.84. The molecule has 2 heteroatoms. The highest BCUT2D eigenvalue weighted by Crippen LogP contribution is 2.29. The molecule has 1 N–H and O–H groups in total. The van der Waals surface area contributed by atoms with Crippen LogP contribution in [-0.4, -0.2) is 12.6 Å². The summed E-state index contributed by atoms with van der Waals surface area (Å²) in [5, 5.41) is 3.61. The third-order valence-electron chi connectivity index (χ3n) is 4.18. The van der Waals surface area contributed by atoms with E-state index in [1.54, 1.807) is 12.1 Å². The van der Waals surface area contributed by atoms with Crippen LogP contribution in [0.5, 0.6) is 0 Å². The van der Waals surface area contributed by atoms with Gasteiger partial charge in [-0.3, -0.25) is 0 Å². The zero-order valence-electron chi connectivity index (χ0n) is 11.7. The second kappa shape index (κ2) is 5.40. The van der Waals surface area contributed by atoms with Crippen LogP contribution in [-0.2, 0) is 6.42 Å². The van der Waals surface area contributed by atoms with Crippen molar-refractivity contribution < 1.29 is 4.39 Å². The normalized spacial score (nSPS) is 18.7. The highest BCUT2D eigenvalue weighted by molar-refractivity contribution is 5.27. The first-order chi connectivity index (χ1) is 8.52. The molecule has 1 aliphatic rings. The molecule has 1 atom stereocenters. The lowest BCUT2D eigenvalue weighted by atomic mass is 9.80. The van der Waals surface area contributed by atoms with Crippen LogP contribution in [0.3, 0.4) is 0 Å². The van der Waals surface area contributed by atoms with E-state index in [2.05, 4.69) is 26.1 Å². The summed E-state index contributed by atoms with van der Waals surface area (Å²) in [4.78, 5) is 0. The second-order valence-corrected chi connectivity index (χ2v) is 6.07. The van der Waals surface area contributed by atoms with Gasteiger partial charge in [0.05, 0.1) is 0 Å². The molecular weight excluding hydrogens is 225 g/mol. The van der Waals surface area contributed by atoms with E-state index >= 15 is 0 Å². The molecule has 100 valence electrons. The summed E-state index contributed by atoms with van der Waals surface area (Å²) in [6, 6.07) is 5.87. The van der Waals surface area contributed by atoms with E-state index in [-0.39, 0.29) is 11.2 Å². The summed E-state index contributed by atoms with van der Waals surface area (Å²) in [7, 11) is 0. The first-order valence-corrected chi connectivity index (χ1v) is 7.01. The molecule has 2 rings (SSSR count). The third kappa shape index (κ3) is 3.55. The Labute approximate surface area is 110 Å². The number of rotatable bonds is 6. The molecule has 0 aliphatic heterocycles. The SMILES string of the molecule is CCC(C)(CNC1CC1)Cc1cc(F)ccc1C. The molecule has 1 aromatic rings. The summed E-state index contributed by atoms with van der Waals surface area (Å²) in [6.07, 6.45) is 4.70. The van der Waals surface area contributed by atoms with Crippen LogP contribution in [0.15, 0.2) is 18.2 Å². The van der Waals surface area contributed by atoms with Crippen molar-refractivity contribution in [2.75, 3.05) is 6.54 Å². The second-order valence-electron chi connectivity index (χ2n) is 6.07. The van der Waals surface area contributed by atoms with Gasteiger partial charge in [0.15, 0.2) is 0 Å².